The number of carbonyl (C=O) groups excluding carboxylic acids is 1. The zero-order valence-electron chi connectivity index (χ0n) is 17.3. The molecule has 0 aliphatic rings. The summed E-state index contributed by atoms with van der Waals surface area (Å²) in [6.07, 6.45) is 7.17. The van der Waals surface area contributed by atoms with E-state index in [4.69, 9.17) is 16.6 Å². The molecule has 2 N–H and O–H groups in total. The van der Waals surface area contributed by atoms with Crippen molar-refractivity contribution in [3.63, 3.8) is 0 Å². The summed E-state index contributed by atoms with van der Waals surface area (Å²) in [5, 5.41) is 3.90. The first kappa shape index (κ1) is 21.5. The molecule has 0 aliphatic heterocycles. The van der Waals surface area contributed by atoms with Gasteiger partial charge in [0.2, 0.25) is 5.91 Å². The van der Waals surface area contributed by atoms with Crippen LogP contribution in [-0.4, -0.2) is 32.5 Å². The first-order valence-corrected chi connectivity index (χ1v) is 12.0. The number of carbonyl (C=O) groups is 1. The van der Waals surface area contributed by atoms with Crippen molar-refractivity contribution in [2.75, 3.05) is 12.0 Å². The minimum absolute atomic E-state index is 0.0137. The SMILES string of the molecule is CSCC[C@H](NC(=O)C[C@@H](c1ccc(Cl)cc1)n1cccc1)c1nc2ccccc2[nH]1. The molecule has 5 nitrogen and oxygen atoms in total. The summed E-state index contributed by atoms with van der Waals surface area (Å²) in [7, 11) is 0. The van der Waals surface area contributed by atoms with Gasteiger partial charge < -0.3 is 14.9 Å². The highest BCUT2D eigenvalue weighted by molar-refractivity contribution is 7.98. The third kappa shape index (κ3) is 5.32. The Kier molecular flexibility index (Phi) is 6.99. The molecule has 0 unspecified atom stereocenters. The van der Waals surface area contributed by atoms with E-state index in [2.05, 4.69) is 21.1 Å². The molecule has 0 saturated heterocycles. The van der Waals surface area contributed by atoms with Crippen LogP contribution in [0.5, 0.6) is 0 Å². The first-order valence-electron chi connectivity index (χ1n) is 10.2. The number of aromatic nitrogens is 3. The average Bonchev–Trinajstić information content (AvgIpc) is 3.45. The van der Waals surface area contributed by atoms with E-state index in [-0.39, 0.29) is 18.0 Å². The zero-order chi connectivity index (χ0) is 21.6. The molecule has 2 heterocycles. The Morgan fingerprint density at radius 2 is 1.87 bits per heavy atom. The summed E-state index contributed by atoms with van der Waals surface area (Å²) >= 11 is 7.83. The van der Waals surface area contributed by atoms with Crippen molar-refractivity contribution in [1.29, 1.82) is 0 Å². The van der Waals surface area contributed by atoms with Crippen LogP contribution < -0.4 is 5.32 Å². The molecule has 2 aromatic heterocycles. The third-order valence-corrected chi connectivity index (χ3v) is 6.20. The Bertz CT molecular complexity index is 1090. The van der Waals surface area contributed by atoms with Crippen LogP contribution in [0.15, 0.2) is 73.1 Å². The number of rotatable bonds is 9. The van der Waals surface area contributed by atoms with Gasteiger partial charge in [0.25, 0.3) is 0 Å². The molecular weight excluding hydrogens is 428 g/mol. The van der Waals surface area contributed by atoms with Gasteiger partial charge in [0.1, 0.15) is 5.82 Å². The normalized spacial score (nSPS) is 13.2. The molecule has 0 aliphatic carbocycles. The number of fused-ring (bicyclic) bond motifs is 1. The fourth-order valence-corrected chi connectivity index (χ4v) is 4.31. The van der Waals surface area contributed by atoms with Gasteiger partial charge in [-0.05, 0) is 60.4 Å². The minimum atomic E-state index is -0.164. The average molecular weight is 453 g/mol. The van der Waals surface area contributed by atoms with Gasteiger partial charge in [-0.1, -0.05) is 35.9 Å². The summed E-state index contributed by atoms with van der Waals surface area (Å²) in [5.41, 5.74) is 2.93. The lowest BCUT2D eigenvalue weighted by atomic mass is 10.0. The number of amides is 1. The highest BCUT2D eigenvalue weighted by Crippen LogP contribution is 2.25. The molecule has 4 aromatic rings. The van der Waals surface area contributed by atoms with Crippen molar-refractivity contribution in [3.8, 4) is 0 Å². The lowest BCUT2D eigenvalue weighted by molar-refractivity contribution is -0.122. The maximum atomic E-state index is 13.2. The minimum Gasteiger partial charge on any atom is -0.346 e. The van der Waals surface area contributed by atoms with E-state index >= 15 is 0 Å². The predicted octanol–water partition coefficient (Wildman–Crippen LogP) is 5.61. The molecule has 2 atom stereocenters. The Morgan fingerprint density at radius 3 is 2.58 bits per heavy atom. The molecule has 0 spiro atoms. The van der Waals surface area contributed by atoms with E-state index in [0.717, 1.165) is 34.6 Å². The number of benzene rings is 2. The van der Waals surface area contributed by atoms with Crippen LogP contribution in [-0.2, 0) is 4.79 Å². The first-order chi connectivity index (χ1) is 15.1. The van der Waals surface area contributed by atoms with Crippen LogP contribution in [0.3, 0.4) is 0 Å². The van der Waals surface area contributed by atoms with E-state index in [1.54, 1.807) is 11.8 Å². The van der Waals surface area contributed by atoms with Crippen molar-refractivity contribution in [2.45, 2.75) is 24.9 Å². The van der Waals surface area contributed by atoms with Crippen LogP contribution in [0.4, 0.5) is 0 Å². The second-order valence-electron chi connectivity index (χ2n) is 7.44. The molecular formula is C24H25ClN4OS. The summed E-state index contributed by atoms with van der Waals surface area (Å²) < 4.78 is 2.06. The number of hydrogen-bond donors (Lipinski definition) is 2. The van der Waals surface area contributed by atoms with Crippen molar-refractivity contribution in [1.82, 2.24) is 19.9 Å². The van der Waals surface area contributed by atoms with E-state index in [1.165, 1.54) is 0 Å². The lowest BCUT2D eigenvalue weighted by Crippen LogP contribution is -2.31. The van der Waals surface area contributed by atoms with Crippen molar-refractivity contribution in [2.24, 2.45) is 0 Å². The molecule has 0 radical (unpaired) electrons. The highest BCUT2D eigenvalue weighted by Gasteiger charge is 2.22. The smallest absolute Gasteiger partial charge is 0.223 e. The van der Waals surface area contributed by atoms with Gasteiger partial charge in [-0.25, -0.2) is 4.98 Å². The highest BCUT2D eigenvalue weighted by atomic mass is 35.5. The Morgan fingerprint density at radius 1 is 1.13 bits per heavy atom. The van der Waals surface area contributed by atoms with E-state index in [1.807, 2.05) is 73.1 Å². The second-order valence-corrected chi connectivity index (χ2v) is 8.86. The molecule has 160 valence electrons. The number of nitrogens with zero attached hydrogens (tertiary/aromatic N) is 2. The fraction of sp³-hybridized carbons (Fsp3) is 0.250. The topological polar surface area (TPSA) is 62.7 Å². The van der Waals surface area contributed by atoms with Gasteiger partial charge in [-0.15, -0.1) is 0 Å². The number of halogens is 1. The molecule has 0 bridgehead atoms. The number of nitrogens with one attached hydrogen (secondary N) is 2. The molecule has 31 heavy (non-hydrogen) atoms. The van der Waals surface area contributed by atoms with E-state index < -0.39 is 0 Å². The number of para-hydroxylation sites is 2. The summed E-state index contributed by atoms with van der Waals surface area (Å²) in [4.78, 5) is 21.2. The van der Waals surface area contributed by atoms with Crippen LogP contribution in [0.2, 0.25) is 5.02 Å². The Labute approximate surface area is 191 Å². The molecule has 1 amide bonds. The fourth-order valence-electron chi connectivity index (χ4n) is 3.72. The van der Waals surface area contributed by atoms with Crippen molar-refractivity contribution < 1.29 is 4.79 Å². The van der Waals surface area contributed by atoms with Crippen LogP contribution in [0.25, 0.3) is 11.0 Å². The van der Waals surface area contributed by atoms with E-state index in [9.17, 15) is 4.79 Å². The molecule has 4 rings (SSSR count). The Balaban J connectivity index is 1.54. The van der Waals surface area contributed by atoms with Crippen LogP contribution in [0.1, 0.15) is 36.3 Å². The maximum Gasteiger partial charge on any atom is 0.223 e. The van der Waals surface area contributed by atoms with Gasteiger partial charge in [-0.3, -0.25) is 4.79 Å². The van der Waals surface area contributed by atoms with Crippen LogP contribution in [0, 0.1) is 0 Å². The summed E-state index contributed by atoms with van der Waals surface area (Å²) in [6, 6.07) is 19.3. The number of hydrogen-bond acceptors (Lipinski definition) is 3. The lowest BCUT2D eigenvalue weighted by Gasteiger charge is -2.22. The van der Waals surface area contributed by atoms with Crippen molar-refractivity contribution in [3.05, 3.63) is 89.5 Å². The van der Waals surface area contributed by atoms with Crippen LogP contribution >= 0.6 is 23.4 Å². The van der Waals surface area contributed by atoms with Gasteiger partial charge in [0.15, 0.2) is 0 Å². The summed E-state index contributed by atoms with van der Waals surface area (Å²) in [6.45, 7) is 0. The van der Waals surface area contributed by atoms with Gasteiger partial charge in [0, 0.05) is 17.4 Å². The summed E-state index contributed by atoms with van der Waals surface area (Å²) in [5.74, 6) is 1.72. The van der Waals surface area contributed by atoms with Gasteiger partial charge in [-0.2, -0.15) is 11.8 Å². The molecule has 7 heteroatoms. The van der Waals surface area contributed by atoms with Gasteiger partial charge >= 0.3 is 0 Å². The third-order valence-electron chi connectivity index (χ3n) is 5.30. The maximum absolute atomic E-state index is 13.2. The zero-order valence-corrected chi connectivity index (χ0v) is 18.9. The van der Waals surface area contributed by atoms with E-state index in [0.29, 0.717) is 11.4 Å². The Hall–Kier alpha value is -2.70. The molecule has 2 aromatic carbocycles. The number of aromatic amines is 1. The quantitative estimate of drug-likeness (QED) is 0.347. The second kappa shape index (κ2) is 10.1. The molecule has 0 fully saturated rings. The van der Waals surface area contributed by atoms with Crippen molar-refractivity contribution >= 4 is 40.3 Å². The predicted molar refractivity (Wildman–Crippen MR) is 129 cm³/mol. The number of imidazole rings is 1. The number of H-pyrrole nitrogens is 1. The monoisotopic (exact) mass is 452 g/mol. The number of thioether (sulfide) groups is 1. The largest absolute Gasteiger partial charge is 0.346 e. The molecule has 0 saturated carbocycles. The van der Waals surface area contributed by atoms with Gasteiger partial charge in [0.05, 0.1) is 29.5 Å². The standard InChI is InChI=1S/C24H25ClN4OS/c1-31-15-12-21(24-27-19-6-2-3-7-20(19)28-24)26-23(30)16-22(29-13-4-5-14-29)17-8-10-18(25)11-9-17/h2-11,13-14,21-22H,12,15-16H2,1H3,(H,26,30)(H,27,28)/t21-,22-/m0/s1.